The smallest absolute Gasteiger partial charge is 0.144 e. The Labute approximate surface area is 109 Å². The van der Waals surface area contributed by atoms with E-state index in [4.69, 9.17) is 10.5 Å². The van der Waals surface area contributed by atoms with Crippen LogP contribution in [0.25, 0.3) is 0 Å². The van der Waals surface area contributed by atoms with Crippen LogP contribution in [-0.4, -0.2) is 44.7 Å². The third-order valence-corrected chi connectivity index (χ3v) is 3.29. The molecule has 4 nitrogen and oxygen atoms in total. The number of nitrogens with zero attached hydrogens (tertiary/aromatic N) is 2. The third kappa shape index (κ3) is 3.07. The molecule has 2 N–H and O–H groups in total. The van der Waals surface area contributed by atoms with E-state index in [1.165, 1.54) is 5.69 Å². The van der Waals surface area contributed by atoms with Crippen LogP contribution in [0.2, 0.25) is 0 Å². The summed E-state index contributed by atoms with van der Waals surface area (Å²) < 4.78 is 5.81. The Kier molecular flexibility index (Phi) is 4.31. The van der Waals surface area contributed by atoms with Gasteiger partial charge in [-0.25, -0.2) is 0 Å². The maximum Gasteiger partial charge on any atom is 0.144 e. The minimum absolute atomic E-state index is 0.740. The van der Waals surface area contributed by atoms with E-state index in [2.05, 4.69) is 29.8 Å². The van der Waals surface area contributed by atoms with Crippen molar-refractivity contribution in [1.82, 2.24) is 4.90 Å². The van der Waals surface area contributed by atoms with Gasteiger partial charge in [-0.05, 0) is 25.6 Å². The topological polar surface area (TPSA) is 41.7 Å². The maximum atomic E-state index is 5.84. The lowest BCUT2D eigenvalue weighted by atomic mass is 10.2. The lowest BCUT2D eigenvalue weighted by Gasteiger charge is -2.34. The Balaban J connectivity index is 2.15. The van der Waals surface area contributed by atoms with Crippen molar-refractivity contribution < 1.29 is 4.74 Å². The lowest BCUT2D eigenvalue weighted by molar-refractivity contribution is 0.302. The van der Waals surface area contributed by atoms with Gasteiger partial charge in [-0.3, -0.25) is 0 Å². The normalized spacial score (nSPS) is 16.9. The van der Waals surface area contributed by atoms with Crippen LogP contribution in [0.15, 0.2) is 18.2 Å². The highest BCUT2D eigenvalue weighted by molar-refractivity contribution is 5.64. The predicted octanol–water partition coefficient (Wildman–Crippen LogP) is 1.81. The summed E-state index contributed by atoms with van der Waals surface area (Å²) in [6.45, 7) is 7.13. The molecule has 1 saturated heterocycles. The van der Waals surface area contributed by atoms with Gasteiger partial charge in [0.2, 0.25) is 0 Å². The molecule has 1 aromatic rings. The molecule has 2 rings (SSSR count). The molecule has 4 heteroatoms. The van der Waals surface area contributed by atoms with E-state index in [1.54, 1.807) is 0 Å². The third-order valence-electron chi connectivity index (χ3n) is 3.29. The fraction of sp³-hybridized carbons (Fsp3) is 0.571. The summed E-state index contributed by atoms with van der Waals surface area (Å²) in [5.41, 5.74) is 7.78. The van der Waals surface area contributed by atoms with Crippen molar-refractivity contribution in [2.45, 2.75) is 13.3 Å². The monoisotopic (exact) mass is 249 g/mol. The van der Waals surface area contributed by atoms with Crippen LogP contribution in [0.4, 0.5) is 11.4 Å². The van der Waals surface area contributed by atoms with Crippen LogP contribution < -0.4 is 15.4 Å². The van der Waals surface area contributed by atoms with Gasteiger partial charge in [0.15, 0.2) is 0 Å². The van der Waals surface area contributed by atoms with Crippen molar-refractivity contribution in [3.05, 3.63) is 18.2 Å². The van der Waals surface area contributed by atoms with Crippen LogP contribution in [0, 0.1) is 0 Å². The fourth-order valence-corrected chi connectivity index (χ4v) is 2.17. The van der Waals surface area contributed by atoms with Gasteiger partial charge >= 0.3 is 0 Å². The average Bonchev–Trinajstić information content (AvgIpc) is 2.38. The van der Waals surface area contributed by atoms with E-state index in [-0.39, 0.29) is 0 Å². The summed E-state index contributed by atoms with van der Waals surface area (Å²) in [5.74, 6) is 0.918. The largest absolute Gasteiger partial charge is 0.491 e. The predicted molar refractivity (Wildman–Crippen MR) is 76.4 cm³/mol. The van der Waals surface area contributed by atoms with Crippen LogP contribution in [0.1, 0.15) is 13.3 Å². The average molecular weight is 249 g/mol. The molecule has 0 aliphatic carbocycles. The number of nitrogen functional groups attached to an aromatic ring is 1. The van der Waals surface area contributed by atoms with E-state index >= 15 is 0 Å². The Morgan fingerprint density at radius 3 is 2.61 bits per heavy atom. The minimum atomic E-state index is 0.740. The van der Waals surface area contributed by atoms with Gasteiger partial charge in [0.1, 0.15) is 5.75 Å². The van der Waals surface area contributed by atoms with Crippen molar-refractivity contribution in [2.75, 3.05) is 50.5 Å². The molecule has 18 heavy (non-hydrogen) atoms. The Morgan fingerprint density at radius 2 is 1.94 bits per heavy atom. The van der Waals surface area contributed by atoms with Crippen LogP contribution in [-0.2, 0) is 0 Å². The number of rotatable bonds is 4. The molecule has 0 aromatic heterocycles. The molecule has 0 bridgehead atoms. The van der Waals surface area contributed by atoms with Crippen molar-refractivity contribution in [1.29, 1.82) is 0 Å². The second-order valence-corrected chi connectivity index (χ2v) is 4.87. The molecule has 1 aliphatic rings. The summed E-state index contributed by atoms with van der Waals surface area (Å²) >= 11 is 0. The SMILES string of the molecule is CCCOc1cc(N)ccc1N1CCN(C)CC1. The molecule has 100 valence electrons. The Morgan fingerprint density at radius 1 is 1.22 bits per heavy atom. The fourth-order valence-electron chi connectivity index (χ4n) is 2.17. The zero-order chi connectivity index (χ0) is 13.0. The highest BCUT2D eigenvalue weighted by atomic mass is 16.5. The molecule has 1 aliphatic heterocycles. The number of likely N-dealkylation sites (N-methyl/N-ethyl adjacent to an activating group) is 1. The first kappa shape index (κ1) is 13.0. The second kappa shape index (κ2) is 5.96. The number of hydrogen-bond acceptors (Lipinski definition) is 4. The molecular formula is C14H23N3O. The number of hydrogen-bond donors (Lipinski definition) is 1. The van der Waals surface area contributed by atoms with Crippen molar-refractivity contribution in [3.63, 3.8) is 0 Å². The summed E-state index contributed by atoms with van der Waals surface area (Å²) in [6, 6.07) is 5.96. The lowest BCUT2D eigenvalue weighted by Crippen LogP contribution is -2.44. The number of nitrogens with two attached hydrogens (primary N) is 1. The molecule has 0 atom stereocenters. The first-order valence-corrected chi connectivity index (χ1v) is 6.66. The van der Waals surface area contributed by atoms with Gasteiger partial charge in [-0.2, -0.15) is 0 Å². The molecule has 0 spiro atoms. The number of ether oxygens (including phenoxy) is 1. The Hall–Kier alpha value is -1.42. The van der Waals surface area contributed by atoms with E-state index in [9.17, 15) is 0 Å². The van der Waals surface area contributed by atoms with Crippen molar-refractivity contribution >= 4 is 11.4 Å². The molecule has 0 saturated carbocycles. The van der Waals surface area contributed by atoms with Crippen molar-refractivity contribution in [3.8, 4) is 5.75 Å². The molecule has 1 aromatic carbocycles. The van der Waals surface area contributed by atoms with E-state index < -0.39 is 0 Å². The second-order valence-electron chi connectivity index (χ2n) is 4.87. The highest BCUT2D eigenvalue weighted by Crippen LogP contribution is 2.31. The standard InChI is InChI=1S/C14H23N3O/c1-3-10-18-14-11-12(15)4-5-13(14)17-8-6-16(2)7-9-17/h4-5,11H,3,6-10,15H2,1-2H3. The maximum absolute atomic E-state index is 5.84. The van der Waals surface area contributed by atoms with E-state index in [0.717, 1.165) is 50.6 Å². The molecule has 0 unspecified atom stereocenters. The van der Waals surface area contributed by atoms with E-state index in [1.807, 2.05) is 12.1 Å². The van der Waals surface area contributed by atoms with Crippen LogP contribution >= 0.6 is 0 Å². The number of anilines is 2. The van der Waals surface area contributed by atoms with Gasteiger partial charge < -0.3 is 20.3 Å². The summed E-state index contributed by atoms with van der Waals surface area (Å²) in [7, 11) is 2.16. The van der Waals surface area contributed by atoms with Gasteiger partial charge in [-0.1, -0.05) is 6.92 Å². The molecule has 0 amide bonds. The van der Waals surface area contributed by atoms with Gasteiger partial charge in [0.05, 0.1) is 12.3 Å². The summed E-state index contributed by atoms with van der Waals surface area (Å²) in [5, 5.41) is 0. The molecule has 0 radical (unpaired) electrons. The van der Waals surface area contributed by atoms with Crippen molar-refractivity contribution in [2.24, 2.45) is 0 Å². The van der Waals surface area contributed by atoms with Gasteiger partial charge in [0.25, 0.3) is 0 Å². The zero-order valence-corrected chi connectivity index (χ0v) is 11.4. The first-order chi connectivity index (χ1) is 8.70. The van der Waals surface area contributed by atoms with Crippen LogP contribution in [0.3, 0.4) is 0 Å². The highest BCUT2D eigenvalue weighted by Gasteiger charge is 2.17. The number of piperazine rings is 1. The van der Waals surface area contributed by atoms with E-state index in [0.29, 0.717) is 0 Å². The number of benzene rings is 1. The minimum Gasteiger partial charge on any atom is -0.491 e. The molecule has 1 heterocycles. The van der Waals surface area contributed by atoms with Gasteiger partial charge in [0, 0.05) is 37.9 Å². The zero-order valence-electron chi connectivity index (χ0n) is 11.4. The summed E-state index contributed by atoms with van der Waals surface area (Å²) in [4.78, 5) is 4.73. The van der Waals surface area contributed by atoms with Crippen LogP contribution in [0.5, 0.6) is 5.75 Å². The quantitative estimate of drug-likeness (QED) is 0.826. The summed E-state index contributed by atoms with van der Waals surface area (Å²) in [6.07, 6.45) is 1.01. The molecular weight excluding hydrogens is 226 g/mol. The Bertz CT molecular complexity index is 387. The first-order valence-electron chi connectivity index (χ1n) is 6.66. The van der Waals surface area contributed by atoms with Gasteiger partial charge in [-0.15, -0.1) is 0 Å². The molecule has 1 fully saturated rings.